The molecular weight excluding hydrogens is 211 g/mol. The Morgan fingerprint density at radius 3 is 1.82 bits per heavy atom. The van der Waals surface area contributed by atoms with Gasteiger partial charge >= 0.3 is 51.4 Å². The third-order valence-electron chi connectivity index (χ3n) is 1.02. The third kappa shape index (κ3) is 4.03. The van der Waals surface area contributed by atoms with Gasteiger partial charge in [-0.15, -0.1) is 0 Å². The van der Waals surface area contributed by atoms with Gasteiger partial charge in [-0.05, 0) is 12.1 Å². The van der Waals surface area contributed by atoms with Crippen LogP contribution in [-0.4, -0.2) is 59.8 Å². The summed E-state index contributed by atoms with van der Waals surface area (Å²) < 4.78 is 21.2. The zero-order valence-electron chi connectivity index (χ0n) is 4.99. The first-order valence-corrected chi connectivity index (χ1v) is 4.91. The number of hydrogen-bond acceptors (Lipinski definition) is 2. The summed E-state index contributed by atoms with van der Waals surface area (Å²) >= 11 is 0. The minimum atomic E-state index is -3.53. The van der Waals surface area contributed by atoms with Crippen LogP contribution in [0.3, 0.4) is 0 Å². The first kappa shape index (κ1) is 12.1. The molecule has 0 aliphatic heterocycles. The molecule has 56 valence electrons. The molecule has 1 aromatic rings. The second-order valence-electron chi connectivity index (χ2n) is 1.75. The van der Waals surface area contributed by atoms with Crippen molar-refractivity contribution in [2.75, 3.05) is 0 Å². The van der Waals surface area contributed by atoms with Gasteiger partial charge < -0.3 is 0 Å². The number of rotatable bonds is 1. The van der Waals surface area contributed by atoms with Gasteiger partial charge in [0.25, 0.3) is 9.05 Å². The Balaban J connectivity index is 0.000001000. The fourth-order valence-corrected chi connectivity index (χ4v) is 1.37. The molecule has 0 atom stereocenters. The van der Waals surface area contributed by atoms with Gasteiger partial charge in [-0.2, -0.15) is 0 Å². The van der Waals surface area contributed by atoms with Gasteiger partial charge in [0.2, 0.25) is 0 Å². The Morgan fingerprint density at radius 2 is 1.55 bits per heavy atom. The first-order chi connectivity index (χ1) is 4.61. The SMILES string of the molecule is O=S(=O)(Cl)c1ccccc1.[KH]. The molecule has 0 amide bonds. The molecule has 0 spiro atoms. The Kier molecular flexibility index (Phi) is 5.46. The van der Waals surface area contributed by atoms with Crippen LogP contribution in [0.4, 0.5) is 0 Å². The molecule has 1 rings (SSSR count). The molecule has 0 N–H and O–H groups in total. The van der Waals surface area contributed by atoms with Crippen molar-refractivity contribution in [2.45, 2.75) is 4.90 Å². The fourth-order valence-electron chi connectivity index (χ4n) is 0.583. The van der Waals surface area contributed by atoms with Crippen LogP contribution < -0.4 is 0 Å². The zero-order chi connectivity index (χ0) is 7.61. The van der Waals surface area contributed by atoms with E-state index in [1.165, 1.54) is 12.1 Å². The van der Waals surface area contributed by atoms with Crippen molar-refractivity contribution in [3.8, 4) is 0 Å². The van der Waals surface area contributed by atoms with Crippen molar-refractivity contribution in [3.05, 3.63) is 30.3 Å². The molecule has 0 aliphatic rings. The molecule has 1 aromatic carbocycles. The molecule has 11 heavy (non-hydrogen) atoms. The van der Waals surface area contributed by atoms with E-state index in [9.17, 15) is 8.42 Å². The van der Waals surface area contributed by atoms with Crippen molar-refractivity contribution >= 4 is 71.1 Å². The minimum absolute atomic E-state index is 0. The van der Waals surface area contributed by atoms with Crippen LogP contribution in [0.5, 0.6) is 0 Å². The average molecular weight is 217 g/mol. The molecule has 2 nitrogen and oxygen atoms in total. The van der Waals surface area contributed by atoms with E-state index >= 15 is 0 Å². The molecule has 5 heteroatoms. The van der Waals surface area contributed by atoms with Gasteiger partial charge in [0.15, 0.2) is 0 Å². The van der Waals surface area contributed by atoms with Crippen molar-refractivity contribution in [2.24, 2.45) is 0 Å². The van der Waals surface area contributed by atoms with Crippen LogP contribution in [0.1, 0.15) is 0 Å². The summed E-state index contributed by atoms with van der Waals surface area (Å²) in [4.78, 5) is 0.136. The van der Waals surface area contributed by atoms with E-state index in [4.69, 9.17) is 10.7 Å². The first-order valence-electron chi connectivity index (χ1n) is 2.60. The predicted molar refractivity (Wildman–Crippen MR) is 46.6 cm³/mol. The molecule has 0 aromatic heterocycles. The van der Waals surface area contributed by atoms with Gasteiger partial charge in [0.05, 0.1) is 4.90 Å². The van der Waals surface area contributed by atoms with Crippen molar-refractivity contribution in [3.63, 3.8) is 0 Å². The van der Waals surface area contributed by atoms with E-state index < -0.39 is 9.05 Å². The maximum absolute atomic E-state index is 10.6. The van der Waals surface area contributed by atoms with E-state index in [1.807, 2.05) is 0 Å². The second-order valence-corrected chi connectivity index (χ2v) is 4.32. The van der Waals surface area contributed by atoms with Gasteiger partial charge in [0, 0.05) is 10.7 Å². The van der Waals surface area contributed by atoms with E-state index in [1.54, 1.807) is 18.2 Å². The topological polar surface area (TPSA) is 34.1 Å². The second kappa shape index (κ2) is 4.96. The van der Waals surface area contributed by atoms with Crippen molar-refractivity contribution in [1.82, 2.24) is 0 Å². The predicted octanol–water partition coefficient (Wildman–Crippen LogP) is 0.966. The summed E-state index contributed by atoms with van der Waals surface area (Å²) in [6.07, 6.45) is 0. The monoisotopic (exact) mass is 216 g/mol. The Bertz CT molecular complexity index is 309. The van der Waals surface area contributed by atoms with E-state index in [0.717, 1.165) is 0 Å². The van der Waals surface area contributed by atoms with Gasteiger partial charge in [0.1, 0.15) is 0 Å². The maximum atomic E-state index is 10.6. The van der Waals surface area contributed by atoms with Crippen molar-refractivity contribution in [1.29, 1.82) is 0 Å². The molecular formula is C6H6ClKO2S. The van der Waals surface area contributed by atoms with Gasteiger partial charge in [-0.25, -0.2) is 8.42 Å². The van der Waals surface area contributed by atoms with Crippen LogP contribution in [0.15, 0.2) is 35.2 Å². The summed E-state index contributed by atoms with van der Waals surface area (Å²) in [5.74, 6) is 0. The number of halogens is 1. The summed E-state index contributed by atoms with van der Waals surface area (Å²) in [7, 11) is 1.50. The summed E-state index contributed by atoms with van der Waals surface area (Å²) in [5.41, 5.74) is 0. The molecule has 0 heterocycles. The summed E-state index contributed by atoms with van der Waals surface area (Å²) in [6, 6.07) is 7.86. The number of benzene rings is 1. The third-order valence-corrected chi connectivity index (χ3v) is 2.39. The normalized spacial score (nSPS) is 10.3. The molecule has 0 fully saturated rings. The van der Waals surface area contributed by atoms with Crippen LogP contribution >= 0.6 is 10.7 Å². The Morgan fingerprint density at radius 1 is 1.09 bits per heavy atom. The quantitative estimate of drug-likeness (QED) is 0.518. The van der Waals surface area contributed by atoms with Crippen LogP contribution in [0, 0.1) is 0 Å². The zero-order valence-corrected chi connectivity index (χ0v) is 6.56. The van der Waals surface area contributed by atoms with Crippen molar-refractivity contribution < 1.29 is 8.42 Å². The van der Waals surface area contributed by atoms with Crippen LogP contribution in [0.25, 0.3) is 0 Å². The van der Waals surface area contributed by atoms with Crippen LogP contribution in [0.2, 0.25) is 0 Å². The Hall–Kier alpha value is 1.10. The van der Waals surface area contributed by atoms with E-state index in [-0.39, 0.29) is 56.3 Å². The van der Waals surface area contributed by atoms with E-state index in [0.29, 0.717) is 0 Å². The molecule has 0 bridgehead atoms. The fraction of sp³-hybridized carbons (Fsp3) is 0. The molecule has 0 aliphatic carbocycles. The van der Waals surface area contributed by atoms with Gasteiger partial charge in [-0.1, -0.05) is 18.2 Å². The van der Waals surface area contributed by atoms with Crippen LogP contribution in [-0.2, 0) is 9.05 Å². The van der Waals surface area contributed by atoms with E-state index in [2.05, 4.69) is 0 Å². The molecule has 0 unspecified atom stereocenters. The average Bonchev–Trinajstić information content (AvgIpc) is 1.88. The molecule has 0 saturated heterocycles. The summed E-state index contributed by atoms with van der Waals surface area (Å²) in [6.45, 7) is 0. The molecule has 0 radical (unpaired) electrons. The number of hydrogen-bond donors (Lipinski definition) is 0. The molecule has 0 saturated carbocycles. The summed E-state index contributed by atoms with van der Waals surface area (Å²) in [5, 5.41) is 0. The Labute approximate surface area is 113 Å². The standard InChI is InChI=1S/C6H5ClO2S.K.H/c7-10(8,9)6-4-2-1-3-5-6;;/h1-5H;;. The van der Waals surface area contributed by atoms with Gasteiger partial charge in [-0.3, -0.25) is 0 Å².